The first-order valence-electron chi connectivity index (χ1n) is 11.8. The van der Waals surface area contributed by atoms with Crippen molar-refractivity contribution < 1.29 is 23.9 Å². The molecule has 10 nitrogen and oxygen atoms in total. The summed E-state index contributed by atoms with van der Waals surface area (Å²) in [5.41, 5.74) is 1.26. The SMILES string of the molecule is CN1C(=O)c2ccc(NC(=O)COC(=O)c3ccc4c(=O)n5c(nc4c3)CCCCCC5)cc2C1=O. The van der Waals surface area contributed by atoms with Crippen molar-refractivity contribution >= 4 is 40.3 Å². The smallest absolute Gasteiger partial charge is 0.338 e. The minimum absolute atomic E-state index is 0.114. The topological polar surface area (TPSA) is 128 Å². The number of imide groups is 1. The predicted octanol–water partition coefficient (Wildman–Crippen LogP) is 2.53. The number of anilines is 1. The van der Waals surface area contributed by atoms with E-state index in [4.69, 9.17) is 4.74 Å². The van der Waals surface area contributed by atoms with E-state index in [1.807, 2.05) is 0 Å². The van der Waals surface area contributed by atoms with E-state index in [1.165, 1.54) is 37.4 Å². The van der Waals surface area contributed by atoms with Gasteiger partial charge in [0.25, 0.3) is 23.3 Å². The number of hydrogen-bond donors (Lipinski definition) is 1. The molecule has 1 N–H and O–H groups in total. The molecular formula is C26H24N4O6. The number of rotatable bonds is 4. The normalized spacial score (nSPS) is 15.2. The summed E-state index contributed by atoms with van der Waals surface area (Å²) in [4.78, 5) is 67.6. The van der Waals surface area contributed by atoms with Gasteiger partial charge in [-0.25, -0.2) is 9.78 Å². The minimum atomic E-state index is -0.725. The lowest BCUT2D eigenvalue weighted by Gasteiger charge is -2.16. The van der Waals surface area contributed by atoms with Gasteiger partial charge < -0.3 is 10.1 Å². The van der Waals surface area contributed by atoms with Crippen LogP contribution in [0.15, 0.2) is 41.2 Å². The largest absolute Gasteiger partial charge is 0.452 e. The third kappa shape index (κ3) is 4.26. The second-order valence-corrected chi connectivity index (χ2v) is 8.93. The highest BCUT2D eigenvalue weighted by atomic mass is 16.5. The van der Waals surface area contributed by atoms with Gasteiger partial charge >= 0.3 is 5.97 Å². The van der Waals surface area contributed by atoms with Gasteiger partial charge in [0.1, 0.15) is 5.82 Å². The highest BCUT2D eigenvalue weighted by Crippen LogP contribution is 2.25. The number of fused-ring (bicyclic) bond motifs is 3. The number of benzene rings is 2. The molecule has 3 heterocycles. The van der Waals surface area contributed by atoms with E-state index in [2.05, 4.69) is 10.3 Å². The molecule has 184 valence electrons. The van der Waals surface area contributed by atoms with E-state index in [9.17, 15) is 24.0 Å². The molecule has 0 saturated heterocycles. The van der Waals surface area contributed by atoms with Gasteiger partial charge in [0.05, 0.1) is 27.6 Å². The maximum atomic E-state index is 12.9. The standard InChI is InChI=1S/C26H24N4O6/c1-29-23(32)17-10-8-16(13-19(17)24(29)33)27-22(31)14-36-26(35)15-7-9-18-20(12-15)28-21-6-4-2-3-5-11-30(21)25(18)34/h7-10,12-13H,2-6,11,14H2,1H3,(H,27,31). The van der Waals surface area contributed by atoms with Gasteiger partial charge in [-0.1, -0.05) is 12.8 Å². The Balaban J connectivity index is 1.27. The average Bonchev–Trinajstić information content (AvgIpc) is 3.07. The van der Waals surface area contributed by atoms with Crippen molar-refractivity contribution in [2.75, 3.05) is 19.0 Å². The number of amides is 3. The molecule has 1 aromatic heterocycles. The van der Waals surface area contributed by atoms with Crippen LogP contribution in [0, 0.1) is 0 Å². The van der Waals surface area contributed by atoms with Gasteiger partial charge in [-0.15, -0.1) is 0 Å². The Labute approximate surface area is 205 Å². The zero-order chi connectivity index (χ0) is 25.4. The minimum Gasteiger partial charge on any atom is -0.452 e. The van der Waals surface area contributed by atoms with Crippen LogP contribution in [0.3, 0.4) is 0 Å². The number of carbonyl (C=O) groups excluding carboxylic acids is 4. The highest BCUT2D eigenvalue weighted by molar-refractivity contribution is 6.21. The molecule has 0 atom stereocenters. The molecule has 36 heavy (non-hydrogen) atoms. The van der Waals surface area contributed by atoms with Crippen LogP contribution in [0.4, 0.5) is 5.69 Å². The second kappa shape index (κ2) is 9.37. The Morgan fingerprint density at radius 2 is 1.75 bits per heavy atom. The molecule has 0 saturated carbocycles. The van der Waals surface area contributed by atoms with E-state index in [0.717, 1.165) is 36.4 Å². The third-order valence-corrected chi connectivity index (χ3v) is 6.51. The van der Waals surface area contributed by atoms with Crippen molar-refractivity contribution in [1.29, 1.82) is 0 Å². The van der Waals surface area contributed by atoms with Gasteiger partial charge in [-0.2, -0.15) is 0 Å². The Morgan fingerprint density at radius 3 is 2.58 bits per heavy atom. The van der Waals surface area contributed by atoms with Gasteiger partial charge in [0.15, 0.2) is 6.61 Å². The number of ether oxygens (including phenoxy) is 1. The number of aryl methyl sites for hydroxylation is 1. The average molecular weight is 489 g/mol. The van der Waals surface area contributed by atoms with Crippen LogP contribution in [0.2, 0.25) is 0 Å². The fourth-order valence-electron chi connectivity index (χ4n) is 4.57. The van der Waals surface area contributed by atoms with Crippen LogP contribution in [-0.2, 0) is 22.5 Å². The van der Waals surface area contributed by atoms with E-state index >= 15 is 0 Å². The van der Waals surface area contributed by atoms with Crippen LogP contribution in [0.5, 0.6) is 0 Å². The molecule has 2 aliphatic rings. The number of carbonyl (C=O) groups is 4. The fraction of sp³-hybridized carbons (Fsp3) is 0.308. The van der Waals surface area contributed by atoms with E-state index in [1.54, 1.807) is 10.6 Å². The van der Waals surface area contributed by atoms with Crippen LogP contribution in [0.1, 0.15) is 62.6 Å². The second-order valence-electron chi connectivity index (χ2n) is 8.93. The lowest BCUT2D eigenvalue weighted by atomic mass is 10.1. The van der Waals surface area contributed by atoms with E-state index in [-0.39, 0.29) is 22.2 Å². The Morgan fingerprint density at radius 1 is 0.972 bits per heavy atom. The summed E-state index contributed by atoms with van der Waals surface area (Å²) in [6.45, 7) is 0.0857. The number of esters is 1. The molecule has 0 unspecified atom stereocenters. The summed E-state index contributed by atoms with van der Waals surface area (Å²) in [6.07, 6.45) is 4.78. The van der Waals surface area contributed by atoms with Crippen molar-refractivity contribution in [1.82, 2.24) is 14.5 Å². The molecular weight excluding hydrogens is 464 g/mol. The molecule has 2 aromatic carbocycles. The van der Waals surface area contributed by atoms with E-state index < -0.39 is 30.3 Å². The molecule has 10 heteroatoms. The number of hydrogen-bond acceptors (Lipinski definition) is 7. The number of aromatic nitrogens is 2. The lowest BCUT2D eigenvalue weighted by molar-refractivity contribution is -0.119. The van der Waals surface area contributed by atoms with Crippen LogP contribution in [0.25, 0.3) is 10.9 Å². The molecule has 0 spiro atoms. The Bertz CT molecular complexity index is 1490. The fourth-order valence-corrected chi connectivity index (χ4v) is 4.57. The zero-order valence-electron chi connectivity index (χ0n) is 19.7. The van der Waals surface area contributed by atoms with Crippen molar-refractivity contribution in [3.8, 4) is 0 Å². The van der Waals surface area contributed by atoms with Gasteiger partial charge in [0, 0.05) is 25.7 Å². The maximum Gasteiger partial charge on any atom is 0.338 e. The summed E-state index contributed by atoms with van der Waals surface area (Å²) in [7, 11) is 1.39. The summed E-state index contributed by atoms with van der Waals surface area (Å²) in [6, 6.07) is 8.94. The zero-order valence-corrected chi connectivity index (χ0v) is 19.7. The first-order valence-corrected chi connectivity index (χ1v) is 11.8. The first-order chi connectivity index (χ1) is 17.3. The van der Waals surface area contributed by atoms with Crippen molar-refractivity contribution in [3.63, 3.8) is 0 Å². The molecule has 2 aliphatic heterocycles. The van der Waals surface area contributed by atoms with Crippen molar-refractivity contribution in [3.05, 3.63) is 69.3 Å². The van der Waals surface area contributed by atoms with Gasteiger partial charge in [-0.05, 0) is 49.2 Å². The highest BCUT2D eigenvalue weighted by Gasteiger charge is 2.32. The van der Waals surface area contributed by atoms with E-state index in [0.29, 0.717) is 29.6 Å². The lowest BCUT2D eigenvalue weighted by Crippen LogP contribution is -2.26. The first kappa shape index (κ1) is 23.4. The molecule has 0 bridgehead atoms. The maximum absolute atomic E-state index is 12.9. The van der Waals surface area contributed by atoms with Gasteiger partial charge in [-0.3, -0.25) is 28.6 Å². The summed E-state index contributed by atoms with van der Waals surface area (Å²) < 4.78 is 6.87. The molecule has 5 rings (SSSR count). The van der Waals surface area contributed by atoms with Crippen molar-refractivity contribution in [2.24, 2.45) is 0 Å². The van der Waals surface area contributed by atoms with Crippen LogP contribution in [-0.4, -0.2) is 51.8 Å². The number of nitrogens with zero attached hydrogens (tertiary/aromatic N) is 3. The number of nitrogens with one attached hydrogen (secondary N) is 1. The quantitative estimate of drug-likeness (QED) is 0.442. The summed E-state index contributed by atoms with van der Waals surface area (Å²) in [5.74, 6) is -1.46. The van der Waals surface area contributed by atoms with Crippen LogP contribution < -0.4 is 10.9 Å². The molecule has 0 fully saturated rings. The third-order valence-electron chi connectivity index (χ3n) is 6.51. The Kier molecular flexibility index (Phi) is 6.09. The van der Waals surface area contributed by atoms with Gasteiger partial charge in [0.2, 0.25) is 0 Å². The summed E-state index contributed by atoms with van der Waals surface area (Å²) in [5, 5.41) is 2.99. The monoisotopic (exact) mass is 488 g/mol. The molecule has 0 aliphatic carbocycles. The Hall–Kier alpha value is -4.34. The molecule has 3 amide bonds. The summed E-state index contributed by atoms with van der Waals surface area (Å²) >= 11 is 0. The predicted molar refractivity (Wildman–Crippen MR) is 130 cm³/mol. The molecule has 0 radical (unpaired) electrons. The molecule has 3 aromatic rings. The van der Waals surface area contributed by atoms with Crippen molar-refractivity contribution in [2.45, 2.75) is 38.6 Å². The van der Waals surface area contributed by atoms with Crippen LogP contribution >= 0.6 is 0 Å².